The number of carbonyl (C=O) groups is 2. The summed E-state index contributed by atoms with van der Waals surface area (Å²) in [6, 6.07) is 19.5. The van der Waals surface area contributed by atoms with Crippen LogP contribution < -0.4 is 0 Å². The third-order valence-electron chi connectivity index (χ3n) is 3.44. The smallest absolute Gasteiger partial charge is 0.330 e. The molecule has 4 heteroatoms. The van der Waals surface area contributed by atoms with Gasteiger partial charge in [0.1, 0.15) is 13.2 Å². The molecule has 2 aromatic carbocycles. The highest BCUT2D eigenvalue weighted by atomic mass is 16.6. The van der Waals surface area contributed by atoms with Crippen LogP contribution in [0, 0.1) is 0 Å². The summed E-state index contributed by atoms with van der Waals surface area (Å²) in [5, 5.41) is 0. The third kappa shape index (κ3) is 9.15. The summed E-state index contributed by atoms with van der Waals surface area (Å²) in [5.74, 6) is -0.981. The number of carbonyl (C=O) groups excluding carboxylic acids is 2. The van der Waals surface area contributed by atoms with E-state index in [1.54, 1.807) is 24.3 Å². The number of esters is 2. The van der Waals surface area contributed by atoms with E-state index in [0.717, 1.165) is 11.1 Å². The molecular weight excluding hydrogens is 352 g/mol. The van der Waals surface area contributed by atoms with Gasteiger partial charge in [0, 0.05) is 12.2 Å². The minimum atomic E-state index is -0.491. The summed E-state index contributed by atoms with van der Waals surface area (Å²) < 4.78 is 9.91. The van der Waals surface area contributed by atoms with Crippen LogP contribution in [0.1, 0.15) is 11.1 Å². The maximum Gasteiger partial charge on any atom is 0.330 e. The number of ether oxygens (including phenoxy) is 2. The Kier molecular flexibility index (Phi) is 9.33. The lowest BCUT2D eigenvalue weighted by molar-refractivity contribution is -0.146. The number of allylic oxidation sites excluding steroid dienone is 4. The second kappa shape index (κ2) is 12.7. The number of hydrogen-bond acceptors (Lipinski definition) is 4. The van der Waals surface area contributed by atoms with Gasteiger partial charge in [-0.1, -0.05) is 97.1 Å². The maximum absolute atomic E-state index is 11.5. The lowest BCUT2D eigenvalue weighted by Gasteiger charge is -2.02. The van der Waals surface area contributed by atoms with Crippen molar-refractivity contribution in [1.29, 1.82) is 0 Å². The Morgan fingerprint density at radius 2 is 1.00 bits per heavy atom. The molecule has 0 aromatic heterocycles. The van der Waals surface area contributed by atoms with Crippen molar-refractivity contribution < 1.29 is 19.1 Å². The lowest BCUT2D eigenvalue weighted by atomic mass is 10.2. The molecule has 0 aliphatic rings. The van der Waals surface area contributed by atoms with E-state index in [1.807, 2.05) is 72.8 Å². The van der Waals surface area contributed by atoms with Gasteiger partial charge >= 0.3 is 11.9 Å². The highest BCUT2D eigenvalue weighted by Gasteiger charge is 1.99. The fourth-order valence-corrected chi connectivity index (χ4v) is 2.11. The quantitative estimate of drug-likeness (QED) is 0.278. The van der Waals surface area contributed by atoms with Crippen molar-refractivity contribution in [3.05, 3.63) is 108 Å². The molecule has 0 atom stereocenters. The van der Waals surface area contributed by atoms with E-state index in [2.05, 4.69) is 0 Å². The Labute approximate surface area is 165 Å². The number of hydrogen-bond donors (Lipinski definition) is 0. The van der Waals surface area contributed by atoms with E-state index in [-0.39, 0.29) is 13.2 Å². The minimum absolute atomic E-state index is 0.00497. The minimum Gasteiger partial charge on any atom is -0.459 e. The first-order valence-electron chi connectivity index (χ1n) is 8.87. The summed E-state index contributed by atoms with van der Waals surface area (Å²) in [6.07, 6.45) is 13.1. The van der Waals surface area contributed by atoms with Gasteiger partial charge in [-0.2, -0.15) is 0 Å². The average molecular weight is 374 g/mol. The van der Waals surface area contributed by atoms with E-state index in [1.165, 1.54) is 12.2 Å². The normalized spacial score (nSPS) is 11.6. The average Bonchev–Trinajstić information content (AvgIpc) is 2.73. The molecule has 2 rings (SSSR count). The standard InChI is InChI=1S/C24H22O4/c25-23(17-9-7-15-21-11-3-1-4-12-21)27-19-20-28-24(26)18-10-8-16-22-13-5-2-6-14-22/h1-18H,19-20H2. The van der Waals surface area contributed by atoms with Gasteiger partial charge in [-0.15, -0.1) is 0 Å². The predicted molar refractivity (Wildman–Crippen MR) is 111 cm³/mol. The maximum atomic E-state index is 11.5. The van der Waals surface area contributed by atoms with Crippen molar-refractivity contribution in [1.82, 2.24) is 0 Å². The molecule has 0 fully saturated rings. The van der Waals surface area contributed by atoms with Gasteiger partial charge in [0.15, 0.2) is 0 Å². The molecule has 0 saturated heterocycles. The van der Waals surface area contributed by atoms with Gasteiger partial charge in [0.2, 0.25) is 0 Å². The highest BCUT2D eigenvalue weighted by Crippen LogP contribution is 2.01. The van der Waals surface area contributed by atoms with Crippen LogP contribution in [0.3, 0.4) is 0 Å². The lowest BCUT2D eigenvalue weighted by Crippen LogP contribution is -2.11. The summed E-state index contributed by atoms with van der Waals surface area (Å²) >= 11 is 0. The Bertz CT molecular complexity index is 773. The van der Waals surface area contributed by atoms with Crippen LogP contribution in [0.5, 0.6) is 0 Å². The first-order valence-corrected chi connectivity index (χ1v) is 8.87. The van der Waals surface area contributed by atoms with Gasteiger partial charge in [-0.3, -0.25) is 0 Å². The van der Waals surface area contributed by atoms with Gasteiger partial charge in [-0.25, -0.2) is 9.59 Å². The molecule has 0 aliphatic heterocycles. The SMILES string of the molecule is O=C(C=CC=Cc1ccccc1)OCCOC(=O)C=CC=Cc1ccccc1. The zero-order valence-corrected chi connectivity index (χ0v) is 15.4. The van der Waals surface area contributed by atoms with Crippen LogP contribution in [0.15, 0.2) is 97.1 Å². The van der Waals surface area contributed by atoms with Crippen molar-refractivity contribution in [2.24, 2.45) is 0 Å². The summed E-state index contributed by atoms with van der Waals surface area (Å²) in [4.78, 5) is 23.1. The number of rotatable bonds is 9. The molecule has 2 aromatic rings. The van der Waals surface area contributed by atoms with Crippen molar-refractivity contribution in [3.8, 4) is 0 Å². The van der Waals surface area contributed by atoms with Crippen molar-refractivity contribution >= 4 is 24.1 Å². The van der Waals surface area contributed by atoms with Crippen LogP contribution in [-0.4, -0.2) is 25.2 Å². The fourth-order valence-electron chi connectivity index (χ4n) is 2.11. The molecular formula is C24H22O4. The molecule has 0 unspecified atom stereocenters. The van der Waals surface area contributed by atoms with E-state index in [0.29, 0.717) is 0 Å². The van der Waals surface area contributed by atoms with Crippen LogP contribution in [-0.2, 0) is 19.1 Å². The van der Waals surface area contributed by atoms with E-state index in [4.69, 9.17) is 9.47 Å². The summed E-state index contributed by atoms with van der Waals surface area (Å²) in [6.45, 7) is 0.00994. The molecule has 0 N–H and O–H groups in total. The van der Waals surface area contributed by atoms with Crippen molar-refractivity contribution in [3.63, 3.8) is 0 Å². The van der Waals surface area contributed by atoms with Crippen molar-refractivity contribution in [2.75, 3.05) is 13.2 Å². The molecule has 0 radical (unpaired) electrons. The Morgan fingerprint density at radius 3 is 1.39 bits per heavy atom. The van der Waals surface area contributed by atoms with Crippen LogP contribution >= 0.6 is 0 Å². The van der Waals surface area contributed by atoms with Crippen LogP contribution in [0.4, 0.5) is 0 Å². The molecule has 0 spiro atoms. The van der Waals surface area contributed by atoms with Crippen molar-refractivity contribution in [2.45, 2.75) is 0 Å². The molecule has 28 heavy (non-hydrogen) atoms. The molecule has 0 heterocycles. The first-order chi connectivity index (χ1) is 13.7. The Balaban J connectivity index is 1.58. The molecule has 0 aliphatic carbocycles. The molecule has 4 nitrogen and oxygen atoms in total. The monoisotopic (exact) mass is 374 g/mol. The van der Waals surface area contributed by atoms with E-state index < -0.39 is 11.9 Å². The molecule has 142 valence electrons. The highest BCUT2D eigenvalue weighted by molar-refractivity contribution is 5.83. The Hall–Kier alpha value is -3.66. The van der Waals surface area contributed by atoms with Gasteiger partial charge in [0.25, 0.3) is 0 Å². The number of benzene rings is 2. The van der Waals surface area contributed by atoms with E-state index in [9.17, 15) is 9.59 Å². The zero-order chi connectivity index (χ0) is 19.9. The first kappa shape index (κ1) is 20.6. The van der Waals surface area contributed by atoms with Gasteiger partial charge in [0.05, 0.1) is 0 Å². The second-order valence-corrected chi connectivity index (χ2v) is 5.59. The Morgan fingerprint density at radius 1 is 0.607 bits per heavy atom. The largest absolute Gasteiger partial charge is 0.459 e. The van der Waals surface area contributed by atoms with E-state index >= 15 is 0 Å². The molecule has 0 amide bonds. The van der Waals surface area contributed by atoms with Gasteiger partial charge < -0.3 is 9.47 Å². The molecule has 0 bridgehead atoms. The molecule has 0 saturated carbocycles. The van der Waals surface area contributed by atoms with Gasteiger partial charge in [-0.05, 0) is 11.1 Å². The van der Waals surface area contributed by atoms with Crippen LogP contribution in [0.2, 0.25) is 0 Å². The predicted octanol–water partition coefficient (Wildman–Crippen LogP) is 4.61. The topological polar surface area (TPSA) is 52.6 Å². The fraction of sp³-hybridized carbons (Fsp3) is 0.0833. The van der Waals surface area contributed by atoms with Crippen LogP contribution in [0.25, 0.3) is 12.2 Å². The summed E-state index contributed by atoms with van der Waals surface area (Å²) in [5.41, 5.74) is 2.08. The summed E-state index contributed by atoms with van der Waals surface area (Å²) in [7, 11) is 0. The third-order valence-corrected chi connectivity index (χ3v) is 3.44. The zero-order valence-electron chi connectivity index (χ0n) is 15.4. The second-order valence-electron chi connectivity index (χ2n) is 5.59.